The van der Waals surface area contributed by atoms with E-state index < -0.39 is 0 Å². The van der Waals surface area contributed by atoms with Crippen molar-refractivity contribution in [1.29, 1.82) is 5.26 Å². The van der Waals surface area contributed by atoms with Crippen LogP contribution in [0.4, 0.5) is 5.69 Å². The van der Waals surface area contributed by atoms with Crippen LogP contribution in [-0.2, 0) is 0 Å². The van der Waals surface area contributed by atoms with Crippen molar-refractivity contribution in [2.45, 2.75) is 5.92 Å². The zero-order valence-electron chi connectivity index (χ0n) is 10.7. The van der Waals surface area contributed by atoms with Crippen molar-refractivity contribution >= 4 is 5.69 Å². The highest BCUT2D eigenvalue weighted by Crippen LogP contribution is 2.25. The van der Waals surface area contributed by atoms with Gasteiger partial charge in [-0.3, -0.25) is 0 Å². The van der Waals surface area contributed by atoms with Crippen LogP contribution in [-0.4, -0.2) is 14.1 Å². The lowest BCUT2D eigenvalue weighted by Crippen LogP contribution is -2.08. The van der Waals surface area contributed by atoms with Gasteiger partial charge in [-0.15, -0.1) is 0 Å². The fourth-order valence-electron chi connectivity index (χ4n) is 1.95. The third-order valence-electron chi connectivity index (χ3n) is 3.00. The van der Waals surface area contributed by atoms with Crippen LogP contribution in [0, 0.1) is 11.3 Å². The first kappa shape index (κ1) is 12.2. The van der Waals surface area contributed by atoms with Gasteiger partial charge in [-0.05, 0) is 23.3 Å². The first-order chi connectivity index (χ1) is 8.72. The predicted octanol–water partition coefficient (Wildman–Crippen LogP) is 3.41. The molecule has 90 valence electrons. The summed E-state index contributed by atoms with van der Waals surface area (Å²) in [6.07, 6.45) is 0. The van der Waals surface area contributed by atoms with E-state index in [1.54, 1.807) is 0 Å². The van der Waals surface area contributed by atoms with Gasteiger partial charge in [-0.25, -0.2) is 0 Å². The van der Waals surface area contributed by atoms with Gasteiger partial charge in [0, 0.05) is 19.8 Å². The normalized spacial score (nSPS) is 11.6. The van der Waals surface area contributed by atoms with Crippen molar-refractivity contribution < 1.29 is 0 Å². The Balaban J connectivity index is 2.32. The fraction of sp³-hybridized carbons (Fsp3) is 0.188. The summed E-state index contributed by atoms with van der Waals surface area (Å²) in [7, 11) is 4.02. The van der Waals surface area contributed by atoms with E-state index >= 15 is 0 Å². The Labute approximate surface area is 108 Å². The molecule has 0 aromatic heterocycles. The molecule has 0 unspecified atom stereocenters. The van der Waals surface area contributed by atoms with Crippen molar-refractivity contribution in [2.24, 2.45) is 0 Å². The van der Waals surface area contributed by atoms with Crippen molar-refractivity contribution in [1.82, 2.24) is 0 Å². The molecular weight excluding hydrogens is 220 g/mol. The summed E-state index contributed by atoms with van der Waals surface area (Å²) in [5.74, 6) is -0.192. The third kappa shape index (κ3) is 2.52. The molecule has 18 heavy (non-hydrogen) atoms. The molecule has 0 aliphatic heterocycles. The topological polar surface area (TPSA) is 27.0 Å². The lowest BCUT2D eigenvalue weighted by atomic mass is 9.92. The van der Waals surface area contributed by atoms with Crippen molar-refractivity contribution in [2.75, 3.05) is 19.0 Å². The maximum atomic E-state index is 9.35. The Bertz CT molecular complexity index is 536. The van der Waals surface area contributed by atoms with Gasteiger partial charge in [0.2, 0.25) is 0 Å². The smallest absolute Gasteiger partial charge is 0.0962 e. The summed E-state index contributed by atoms with van der Waals surface area (Å²) >= 11 is 0. The Morgan fingerprint density at radius 1 is 0.889 bits per heavy atom. The quantitative estimate of drug-likeness (QED) is 0.816. The van der Waals surface area contributed by atoms with Gasteiger partial charge in [0.25, 0.3) is 0 Å². The summed E-state index contributed by atoms with van der Waals surface area (Å²) in [5.41, 5.74) is 3.22. The summed E-state index contributed by atoms with van der Waals surface area (Å²) in [6.45, 7) is 0. The van der Waals surface area contributed by atoms with Crippen LogP contribution in [0.2, 0.25) is 0 Å². The van der Waals surface area contributed by atoms with Crippen molar-refractivity contribution in [3.8, 4) is 6.07 Å². The lowest BCUT2D eigenvalue weighted by Gasteiger charge is -2.14. The first-order valence-corrected chi connectivity index (χ1v) is 5.94. The van der Waals surface area contributed by atoms with E-state index in [9.17, 15) is 5.26 Å². The van der Waals surface area contributed by atoms with Gasteiger partial charge in [-0.2, -0.15) is 5.26 Å². The largest absolute Gasteiger partial charge is 0.378 e. The van der Waals surface area contributed by atoms with Crippen LogP contribution in [0.15, 0.2) is 54.6 Å². The molecule has 1 atom stereocenters. The van der Waals surface area contributed by atoms with Gasteiger partial charge < -0.3 is 4.90 Å². The second-order valence-corrected chi connectivity index (χ2v) is 4.46. The van der Waals surface area contributed by atoms with Gasteiger partial charge in [-0.1, -0.05) is 42.5 Å². The molecule has 0 radical (unpaired) electrons. The molecule has 0 spiro atoms. The van der Waals surface area contributed by atoms with Crippen LogP contribution in [0.3, 0.4) is 0 Å². The minimum absolute atomic E-state index is 0.192. The molecule has 2 heteroatoms. The summed E-state index contributed by atoms with van der Waals surface area (Å²) in [6, 6.07) is 20.4. The zero-order valence-corrected chi connectivity index (χ0v) is 10.7. The molecule has 0 N–H and O–H groups in total. The number of hydrogen-bond donors (Lipinski definition) is 0. The standard InChI is InChI=1S/C16H16N2/c1-18(2)15-10-8-14(9-11-15)16(12-17)13-6-4-3-5-7-13/h3-11,16H,1-2H3/t16-/m0/s1. The van der Waals surface area contributed by atoms with E-state index in [0.29, 0.717) is 0 Å². The van der Waals surface area contributed by atoms with E-state index in [-0.39, 0.29) is 5.92 Å². The monoisotopic (exact) mass is 236 g/mol. The minimum Gasteiger partial charge on any atom is -0.378 e. The molecule has 2 aromatic carbocycles. The summed E-state index contributed by atoms with van der Waals surface area (Å²) in [4.78, 5) is 2.05. The number of nitrogens with zero attached hydrogens (tertiary/aromatic N) is 2. The Morgan fingerprint density at radius 3 is 1.94 bits per heavy atom. The van der Waals surface area contributed by atoms with Crippen molar-refractivity contribution in [3.63, 3.8) is 0 Å². The number of rotatable bonds is 3. The van der Waals surface area contributed by atoms with Crippen LogP contribution in [0.1, 0.15) is 17.0 Å². The molecule has 0 heterocycles. The van der Waals surface area contributed by atoms with Crippen LogP contribution in [0.5, 0.6) is 0 Å². The second kappa shape index (κ2) is 5.37. The average molecular weight is 236 g/mol. The third-order valence-corrected chi connectivity index (χ3v) is 3.00. The second-order valence-electron chi connectivity index (χ2n) is 4.46. The predicted molar refractivity (Wildman–Crippen MR) is 74.7 cm³/mol. The lowest BCUT2D eigenvalue weighted by molar-refractivity contribution is 1.03. The highest BCUT2D eigenvalue weighted by molar-refractivity contribution is 5.49. The number of nitriles is 1. The Morgan fingerprint density at radius 2 is 1.44 bits per heavy atom. The van der Waals surface area contributed by atoms with E-state index in [1.165, 1.54) is 0 Å². The maximum Gasteiger partial charge on any atom is 0.0962 e. The zero-order chi connectivity index (χ0) is 13.0. The van der Waals surface area contributed by atoms with Crippen molar-refractivity contribution in [3.05, 3.63) is 65.7 Å². The molecule has 2 rings (SSSR count). The van der Waals surface area contributed by atoms with Gasteiger partial charge in [0.15, 0.2) is 0 Å². The molecule has 0 fully saturated rings. The number of benzene rings is 2. The Kier molecular flexibility index (Phi) is 3.64. The van der Waals surface area contributed by atoms with Crippen LogP contribution in [0.25, 0.3) is 0 Å². The minimum atomic E-state index is -0.192. The van der Waals surface area contributed by atoms with E-state index in [2.05, 4.69) is 6.07 Å². The molecule has 0 saturated heterocycles. The molecule has 0 bridgehead atoms. The van der Waals surface area contributed by atoms with Crippen LogP contribution >= 0.6 is 0 Å². The van der Waals surface area contributed by atoms with Gasteiger partial charge in [0.05, 0.1) is 12.0 Å². The molecule has 0 saturated carbocycles. The molecule has 2 nitrogen and oxygen atoms in total. The van der Waals surface area contributed by atoms with E-state index in [0.717, 1.165) is 16.8 Å². The molecule has 0 amide bonds. The average Bonchev–Trinajstić information content (AvgIpc) is 2.41. The molecule has 2 aromatic rings. The molecule has 0 aliphatic carbocycles. The van der Waals surface area contributed by atoms with Gasteiger partial charge in [0.1, 0.15) is 0 Å². The summed E-state index contributed by atoms with van der Waals surface area (Å²) < 4.78 is 0. The summed E-state index contributed by atoms with van der Waals surface area (Å²) in [5, 5.41) is 9.35. The highest BCUT2D eigenvalue weighted by atomic mass is 15.1. The molecular formula is C16H16N2. The van der Waals surface area contributed by atoms with Gasteiger partial charge >= 0.3 is 0 Å². The maximum absolute atomic E-state index is 9.35. The van der Waals surface area contributed by atoms with E-state index in [4.69, 9.17) is 0 Å². The van der Waals surface area contributed by atoms with E-state index in [1.807, 2.05) is 73.6 Å². The SMILES string of the molecule is CN(C)c1ccc([C@@H](C#N)c2ccccc2)cc1. The highest BCUT2D eigenvalue weighted by Gasteiger charge is 2.12. The number of anilines is 1. The Hall–Kier alpha value is -2.27. The van der Waals surface area contributed by atoms with Crippen LogP contribution < -0.4 is 4.90 Å². The number of hydrogen-bond acceptors (Lipinski definition) is 2. The fourth-order valence-corrected chi connectivity index (χ4v) is 1.95. The first-order valence-electron chi connectivity index (χ1n) is 5.94. The molecule has 0 aliphatic rings.